The summed E-state index contributed by atoms with van der Waals surface area (Å²) in [5, 5.41) is 8.54. The van der Waals surface area contributed by atoms with Crippen molar-refractivity contribution in [3.63, 3.8) is 0 Å². The van der Waals surface area contributed by atoms with Crippen LogP contribution in [-0.4, -0.2) is 17.2 Å². The summed E-state index contributed by atoms with van der Waals surface area (Å²) in [7, 11) is 0. The average Bonchev–Trinajstić information content (AvgIpc) is 2.68. The molecule has 0 aliphatic heterocycles. The quantitative estimate of drug-likeness (QED) is 0.668. The number of aliphatic carboxylic acids is 1. The Labute approximate surface area is 118 Å². The van der Waals surface area contributed by atoms with E-state index in [4.69, 9.17) is 9.84 Å². The zero-order chi connectivity index (χ0) is 14.4. The molecule has 0 heterocycles. The predicted octanol–water partition coefficient (Wildman–Crippen LogP) is 4.03. The molecule has 0 atom stereocenters. The Morgan fingerprint density at radius 2 is 1.95 bits per heavy atom. The molecule has 0 radical (unpaired) electrons. The monoisotopic (exact) mass is 278 g/mol. The molecule has 20 heavy (non-hydrogen) atoms. The van der Waals surface area contributed by atoms with Crippen molar-refractivity contribution in [3.8, 4) is 5.75 Å². The lowest BCUT2D eigenvalue weighted by molar-refractivity contribution is -0.131. The van der Waals surface area contributed by atoms with Crippen LogP contribution in [0.3, 0.4) is 0 Å². The van der Waals surface area contributed by atoms with Crippen molar-refractivity contribution in [2.24, 2.45) is 0 Å². The molecule has 1 saturated carbocycles. The molecule has 0 saturated heterocycles. The van der Waals surface area contributed by atoms with Crippen molar-refractivity contribution in [1.82, 2.24) is 0 Å². The van der Waals surface area contributed by atoms with Gasteiger partial charge < -0.3 is 9.84 Å². The molecule has 3 nitrogen and oxygen atoms in total. The van der Waals surface area contributed by atoms with Crippen LogP contribution in [0.4, 0.5) is 4.39 Å². The summed E-state index contributed by atoms with van der Waals surface area (Å²) in [5.74, 6) is -1.24. The molecule has 0 amide bonds. The standard InChI is InChI=1S/C16H19FO3/c17-14-11-12(8-10-16(18)19)7-9-15(14)20-13-5-3-1-2-4-6-13/h7-11,13H,1-6H2,(H,18,19)/b10-8+. The fourth-order valence-corrected chi connectivity index (χ4v) is 2.42. The van der Waals surface area contributed by atoms with Gasteiger partial charge in [-0.25, -0.2) is 9.18 Å². The maximum Gasteiger partial charge on any atom is 0.328 e. The number of carboxylic acid groups (broad SMARTS) is 1. The van der Waals surface area contributed by atoms with Gasteiger partial charge in [0.1, 0.15) is 0 Å². The Kier molecular flexibility index (Phi) is 5.16. The summed E-state index contributed by atoms with van der Waals surface area (Å²) in [6.07, 6.45) is 9.09. The summed E-state index contributed by atoms with van der Waals surface area (Å²) in [6, 6.07) is 4.53. The second-order valence-corrected chi connectivity index (χ2v) is 5.09. The number of benzene rings is 1. The van der Waals surface area contributed by atoms with Gasteiger partial charge in [-0.1, -0.05) is 18.9 Å². The molecule has 0 aromatic heterocycles. The molecule has 1 aromatic rings. The molecule has 0 spiro atoms. The molecule has 1 aromatic carbocycles. The maximum atomic E-state index is 13.9. The highest BCUT2D eigenvalue weighted by atomic mass is 19.1. The number of hydrogen-bond donors (Lipinski definition) is 1. The fraction of sp³-hybridized carbons (Fsp3) is 0.438. The molecule has 0 unspecified atom stereocenters. The molecule has 108 valence electrons. The summed E-state index contributed by atoms with van der Waals surface area (Å²) in [6.45, 7) is 0. The van der Waals surface area contributed by atoms with Gasteiger partial charge in [0.05, 0.1) is 6.10 Å². The van der Waals surface area contributed by atoms with Crippen molar-refractivity contribution in [3.05, 3.63) is 35.7 Å². The Morgan fingerprint density at radius 3 is 2.55 bits per heavy atom. The number of halogens is 1. The van der Waals surface area contributed by atoms with E-state index >= 15 is 0 Å². The molecule has 1 N–H and O–H groups in total. The smallest absolute Gasteiger partial charge is 0.328 e. The van der Waals surface area contributed by atoms with E-state index in [1.807, 2.05) is 0 Å². The van der Waals surface area contributed by atoms with Crippen LogP contribution in [0.1, 0.15) is 44.1 Å². The van der Waals surface area contributed by atoms with Crippen LogP contribution >= 0.6 is 0 Å². The lowest BCUT2D eigenvalue weighted by Crippen LogP contribution is -2.15. The van der Waals surface area contributed by atoms with E-state index in [0.717, 1.165) is 31.8 Å². The van der Waals surface area contributed by atoms with Crippen molar-refractivity contribution in [2.45, 2.75) is 44.6 Å². The van der Waals surface area contributed by atoms with Crippen molar-refractivity contribution in [1.29, 1.82) is 0 Å². The van der Waals surface area contributed by atoms with Gasteiger partial charge >= 0.3 is 5.97 Å². The molecular formula is C16H19FO3. The van der Waals surface area contributed by atoms with E-state index in [1.165, 1.54) is 25.0 Å². The minimum atomic E-state index is -1.05. The summed E-state index contributed by atoms with van der Waals surface area (Å²) < 4.78 is 19.7. The second-order valence-electron chi connectivity index (χ2n) is 5.09. The number of carbonyl (C=O) groups is 1. The first-order valence-corrected chi connectivity index (χ1v) is 7.02. The summed E-state index contributed by atoms with van der Waals surface area (Å²) >= 11 is 0. The molecule has 1 aliphatic rings. The maximum absolute atomic E-state index is 13.9. The zero-order valence-electron chi connectivity index (χ0n) is 11.3. The fourth-order valence-electron chi connectivity index (χ4n) is 2.42. The van der Waals surface area contributed by atoms with E-state index in [1.54, 1.807) is 12.1 Å². The Hall–Kier alpha value is -1.84. The van der Waals surface area contributed by atoms with Crippen molar-refractivity contribution in [2.75, 3.05) is 0 Å². The third-order valence-electron chi connectivity index (χ3n) is 3.47. The summed E-state index contributed by atoms with van der Waals surface area (Å²) in [5.41, 5.74) is 0.512. The molecular weight excluding hydrogens is 259 g/mol. The number of ether oxygens (including phenoxy) is 1. The first-order chi connectivity index (χ1) is 9.65. The Bertz CT molecular complexity index is 488. The van der Waals surface area contributed by atoms with E-state index in [9.17, 15) is 9.18 Å². The van der Waals surface area contributed by atoms with Gasteiger partial charge in [0, 0.05) is 6.08 Å². The van der Waals surface area contributed by atoms with E-state index in [2.05, 4.69) is 0 Å². The molecule has 4 heteroatoms. The third kappa shape index (κ3) is 4.37. The van der Waals surface area contributed by atoms with Crippen LogP contribution in [0, 0.1) is 5.82 Å². The highest BCUT2D eigenvalue weighted by molar-refractivity contribution is 5.85. The van der Waals surface area contributed by atoms with Gasteiger partial charge in [-0.05, 0) is 49.5 Å². The van der Waals surface area contributed by atoms with E-state index in [0.29, 0.717) is 5.56 Å². The lowest BCUT2D eigenvalue weighted by atomic mass is 10.1. The van der Waals surface area contributed by atoms with Crippen LogP contribution in [0.25, 0.3) is 6.08 Å². The van der Waals surface area contributed by atoms with Crippen LogP contribution in [-0.2, 0) is 4.79 Å². The average molecular weight is 278 g/mol. The largest absolute Gasteiger partial charge is 0.487 e. The van der Waals surface area contributed by atoms with Gasteiger partial charge in [0.2, 0.25) is 0 Å². The van der Waals surface area contributed by atoms with Gasteiger partial charge in [-0.15, -0.1) is 0 Å². The number of carboxylic acids is 1. The van der Waals surface area contributed by atoms with Crippen LogP contribution < -0.4 is 4.74 Å². The zero-order valence-corrected chi connectivity index (χ0v) is 11.3. The number of hydrogen-bond acceptors (Lipinski definition) is 2. The molecule has 0 bridgehead atoms. The molecule has 1 fully saturated rings. The topological polar surface area (TPSA) is 46.5 Å². The molecule has 2 rings (SSSR count). The number of rotatable bonds is 4. The Morgan fingerprint density at radius 1 is 1.25 bits per heavy atom. The van der Waals surface area contributed by atoms with Crippen LogP contribution in [0.2, 0.25) is 0 Å². The SMILES string of the molecule is O=C(O)/C=C/c1ccc(OC2CCCCCC2)c(F)c1. The van der Waals surface area contributed by atoms with Gasteiger partial charge in [-0.3, -0.25) is 0 Å². The third-order valence-corrected chi connectivity index (χ3v) is 3.47. The minimum Gasteiger partial charge on any atom is -0.487 e. The van der Waals surface area contributed by atoms with E-state index < -0.39 is 11.8 Å². The lowest BCUT2D eigenvalue weighted by Gasteiger charge is -2.17. The second kappa shape index (κ2) is 7.08. The van der Waals surface area contributed by atoms with Crippen molar-refractivity contribution < 1.29 is 19.0 Å². The van der Waals surface area contributed by atoms with Crippen LogP contribution in [0.5, 0.6) is 5.75 Å². The van der Waals surface area contributed by atoms with Crippen molar-refractivity contribution >= 4 is 12.0 Å². The Balaban J connectivity index is 2.03. The highest BCUT2D eigenvalue weighted by Crippen LogP contribution is 2.25. The van der Waals surface area contributed by atoms with E-state index in [-0.39, 0.29) is 11.9 Å². The predicted molar refractivity (Wildman–Crippen MR) is 75.2 cm³/mol. The van der Waals surface area contributed by atoms with Gasteiger partial charge in [-0.2, -0.15) is 0 Å². The van der Waals surface area contributed by atoms with Crippen LogP contribution in [0.15, 0.2) is 24.3 Å². The molecule has 1 aliphatic carbocycles. The first-order valence-electron chi connectivity index (χ1n) is 7.02. The highest BCUT2D eigenvalue weighted by Gasteiger charge is 2.15. The van der Waals surface area contributed by atoms with Gasteiger partial charge in [0.25, 0.3) is 0 Å². The normalized spacial score (nSPS) is 17.1. The van der Waals surface area contributed by atoms with Gasteiger partial charge in [0.15, 0.2) is 11.6 Å². The minimum absolute atomic E-state index is 0.0902. The summed E-state index contributed by atoms with van der Waals surface area (Å²) in [4.78, 5) is 10.4. The first kappa shape index (κ1) is 14.6.